The van der Waals surface area contributed by atoms with Crippen molar-refractivity contribution in [2.24, 2.45) is 0 Å². The van der Waals surface area contributed by atoms with Crippen LogP contribution >= 0.6 is 0 Å². The van der Waals surface area contributed by atoms with Crippen LogP contribution in [-0.4, -0.2) is 5.78 Å². The molecule has 0 spiro atoms. The number of ketones is 1. The molecular formula is C18H18O. The van der Waals surface area contributed by atoms with Gasteiger partial charge in [-0.05, 0) is 43.2 Å². The van der Waals surface area contributed by atoms with Gasteiger partial charge in [0.05, 0.1) is 0 Å². The minimum absolute atomic E-state index is 0.137. The number of carbonyl (C=O) groups is 1. The van der Waals surface area contributed by atoms with Crippen LogP contribution in [0, 0.1) is 6.92 Å². The van der Waals surface area contributed by atoms with Gasteiger partial charge in [-0.15, -0.1) is 0 Å². The van der Waals surface area contributed by atoms with E-state index in [1.54, 1.807) is 6.92 Å². The van der Waals surface area contributed by atoms with Crippen LogP contribution < -0.4 is 0 Å². The number of hydrogen-bond acceptors (Lipinski definition) is 1. The molecule has 0 radical (unpaired) electrons. The first-order valence-corrected chi connectivity index (χ1v) is 6.82. The zero-order chi connectivity index (χ0) is 13.4. The third-order valence-electron chi connectivity index (χ3n) is 4.04. The fourth-order valence-corrected chi connectivity index (χ4v) is 2.71. The van der Waals surface area contributed by atoms with Crippen molar-refractivity contribution < 1.29 is 4.79 Å². The highest BCUT2D eigenvalue weighted by molar-refractivity contribution is 5.94. The molecule has 0 bridgehead atoms. The maximum atomic E-state index is 11.3. The smallest absolute Gasteiger partial charge is 0.159 e. The minimum Gasteiger partial charge on any atom is -0.295 e. The summed E-state index contributed by atoms with van der Waals surface area (Å²) >= 11 is 0. The molecule has 0 unspecified atom stereocenters. The van der Waals surface area contributed by atoms with E-state index in [4.69, 9.17) is 0 Å². The van der Waals surface area contributed by atoms with Crippen LogP contribution in [0.15, 0.2) is 48.5 Å². The predicted molar refractivity (Wildman–Crippen MR) is 77.7 cm³/mol. The molecule has 1 aliphatic carbocycles. The van der Waals surface area contributed by atoms with Gasteiger partial charge in [-0.3, -0.25) is 4.79 Å². The average molecular weight is 250 g/mol. The molecule has 0 N–H and O–H groups in total. The van der Waals surface area contributed by atoms with E-state index in [1.165, 1.54) is 23.1 Å². The summed E-state index contributed by atoms with van der Waals surface area (Å²) in [5.41, 5.74) is 4.91. The maximum Gasteiger partial charge on any atom is 0.159 e. The molecular weight excluding hydrogens is 232 g/mol. The molecule has 0 saturated heterocycles. The van der Waals surface area contributed by atoms with Crippen molar-refractivity contribution in [2.45, 2.75) is 32.1 Å². The lowest BCUT2D eigenvalue weighted by Crippen LogP contribution is -1.92. The van der Waals surface area contributed by atoms with Crippen LogP contribution in [0.4, 0.5) is 0 Å². The van der Waals surface area contributed by atoms with E-state index in [0.29, 0.717) is 11.8 Å². The molecule has 0 aromatic heterocycles. The van der Waals surface area contributed by atoms with Gasteiger partial charge in [-0.1, -0.05) is 54.1 Å². The van der Waals surface area contributed by atoms with E-state index in [1.807, 2.05) is 12.1 Å². The standard InChI is InChI=1S/C18H18O/c1-12-3-5-15(6-4-12)17-11-18(17)16-9-7-14(8-10-16)13(2)19/h3-10,17-18H,11H2,1-2H3/t17-,18-/m0/s1. The molecule has 1 fully saturated rings. The Hall–Kier alpha value is -1.89. The summed E-state index contributed by atoms with van der Waals surface area (Å²) in [4.78, 5) is 11.3. The van der Waals surface area contributed by atoms with Crippen molar-refractivity contribution in [2.75, 3.05) is 0 Å². The Balaban J connectivity index is 1.75. The molecule has 1 nitrogen and oxygen atoms in total. The zero-order valence-electron chi connectivity index (χ0n) is 11.4. The highest BCUT2D eigenvalue weighted by Gasteiger charge is 2.39. The Morgan fingerprint density at radius 2 is 1.37 bits per heavy atom. The summed E-state index contributed by atoms with van der Waals surface area (Å²) in [5, 5.41) is 0. The van der Waals surface area contributed by atoms with E-state index in [0.717, 1.165) is 5.56 Å². The van der Waals surface area contributed by atoms with Gasteiger partial charge in [0.15, 0.2) is 5.78 Å². The molecule has 19 heavy (non-hydrogen) atoms. The quantitative estimate of drug-likeness (QED) is 0.735. The highest BCUT2D eigenvalue weighted by Crippen LogP contribution is 2.54. The summed E-state index contributed by atoms with van der Waals surface area (Å²) in [6, 6.07) is 17.0. The summed E-state index contributed by atoms with van der Waals surface area (Å²) in [6.45, 7) is 3.73. The molecule has 1 saturated carbocycles. The lowest BCUT2D eigenvalue weighted by atomic mass is 10.0. The van der Waals surface area contributed by atoms with Gasteiger partial charge in [0.25, 0.3) is 0 Å². The van der Waals surface area contributed by atoms with Gasteiger partial charge in [-0.25, -0.2) is 0 Å². The fraction of sp³-hybridized carbons (Fsp3) is 0.278. The van der Waals surface area contributed by atoms with E-state index in [9.17, 15) is 4.79 Å². The second kappa shape index (κ2) is 4.65. The third kappa shape index (κ3) is 2.46. The van der Waals surface area contributed by atoms with Crippen molar-refractivity contribution in [3.05, 3.63) is 70.8 Å². The van der Waals surface area contributed by atoms with Gasteiger partial charge < -0.3 is 0 Å². The van der Waals surface area contributed by atoms with E-state index < -0.39 is 0 Å². The van der Waals surface area contributed by atoms with Crippen LogP contribution in [0.1, 0.15) is 52.2 Å². The first-order valence-electron chi connectivity index (χ1n) is 6.82. The van der Waals surface area contributed by atoms with Crippen molar-refractivity contribution in [1.82, 2.24) is 0 Å². The zero-order valence-corrected chi connectivity index (χ0v) is 11.4. The van der Waals surface area contributed by atoms with Crippen LogP contribution in [0.2, 0.25) is 0 Å². The van der Waals surface area contributed by atoms with Gasteiger partial charge in [0.1, 0.15) is 0 Å². The molecule has 2 aromatic rings. The lowest BCUT2D eigenvalue weighted by Gasteiger charge is -2.03. The normalized spacial score (nSPS) is 21.2. The van der Waals surface area contributed by atoms with Crippen molar-refractivity contribution in [3.63, 3.8) is 0 Å². The van der Waals surface area contributed by atoms with E-state index in [-0.39, 0.29) is 5.78 Å². The summed E-state index contributed by atoms with van der Waals surface area (Å²) in [6.07, 6.45) is 1.22. The lowest BCUT2D eigenvalue weighted by molar-refractivity contribution is 0.101. The second-order valence-corrected chi connectivity index (χ2v) is 5.54. The topological polar surface area (TPSA) is 17.1 Å². The predicted octanol–water partition coefficient (Wildman–Crippen LogP) is 4.47. The van der Waals surface area contributed by atoms with Gasteiger partial charge in [0, 0.05) is 5.56 Å². The number of carbonyl (C=O) groups excluding carboxylic acids is 1. The van der Waals surface area contributed by atoms with E-state index >= 15 is 0 Å². The number of Topliss-reactive ketones (excluding diaryl/α,β-unsaturated/α-hetero) is 1. The fourth-order valence-electron chi connectivity index (χ4n) is 2.71. The van der Waals surface area contributed by atoms with Gasteiger partial charge in [-0.2, -0.15) is 0 Å². The number of hydrogen-bond donors (Lipinski definition) is 0. The van der Waals surface area contributed by atoms with Crippen molar-refractivity contribution >= 4 is 5.78 Å². The van der Waals surface area contributed by atoms with Crippen molar-refractivity contribution in [3.8, 4) is 0 Å². The SMILES string of the molecule is CC(=O)c1ccc([C@@H]2C[C@H]2c2ccc(C)cc2)cc1. The summed E-state index contributed by atoms with van der Waals surface area (Å²) in [5.74, 6) is 1.42. The Morgan fingerprint density at radius 3 is 1.84 bits per heavy atom. The highest BCUT2D eigenvalue weighted by atomic mass is 16.1. The molecule has 0 amide bonds. The average Bonchev–Trinajstić information content (AvgIpc) is 3.20. The van der Waals surface area contributed by atoms with E-state index in [2.05, 4.69) is 43.3 Å². The van der Waals surface area contributed by atoms with Crippen molar-refractivity contribution in [1.29, 1.82) is 0 Å². The maximum absolute atomic E-state index is 11.3. The number of benzene rings is 2. The Labute approximate surface area is 114 Å². The van der Waals surface area contributed by atoms with Crippen LogP contribution in [-0.2, 0) is 0 Å². The molecule has 0 aliphatic heterocycles. The number of rotatable bonds is 3. The molecule has 96 valence electrons. The molecule has 1 heteroatoms. The van der Waals surface area contributed by atoms with Crippen LogP contribution in [0.3, 0.4) is 0 Å². The molecule has 3 rings (SSSR count). The Kier molecular flexibility index (Phi) is 2.98. The van der Waals surface area contributed by atoms with Crippen LogP contribution in [0.25, 0.3) is 0 Å². The number of aryl methyl sites for hydroxylation is 1. The minimum atomic E-state index is 0.137. The largest absolute Gasteiger partial charge is 0.295 e. The first kappa shape index (κ1) is 12.2. The molecule has 1 aliphatic rings. The summed E-state index contributed by atoms with van der Waals surface area (Å²) in [7, 11) is 0. The molecule has 0 heterocycles. The van der Waals surface area contributed by atoms with Gasteiger partial charge in [0.2, 0.25) is 0 Å². The van der Waals surface area contributed by atoms with Gasteiger partial charge >= 0.3 is 0 Å². The Bertz CT molecular complexity index is 593. The molecule has 2 atom stereocenters. The second-order valence-electron chi connectivity index (χ2n) is 5.54. The summed E-state index contributed by atoms with van der Waals surface area (Å²) < 4.78 is 0. The van der Waals surface area contributed by atoms with Crippen LogP contribution in [0.5, 0.6) is 0 Å². The monoisotopic (exact) mass is 250 g/mol. The third-order valence-corrected chi connectivity index (χ3v) is 4.04. The first-order chi connectivity index (χ1) is 9.15. The molecule has 2 aromatic carbocycles. The Morgan fingerprint density at radius 1 is 0.895 bits per heavy atom.